The zero-order chi connectivity index (χ0) is 24.9. The van der Waals surface area contributed by atoms with Gasteiger partial charge in [-0.1, -0.05) is 49.8 Å². The molecule has 2 aromatic rings. The molecule has 0 atom stereocenters. The van der Waals surface area contributed by atoms with Gasteiger partial charge in [0.1, 0.15) is 11.4 Å². The van der Waals surface area contributed by atoms with Crippen LogP contribution in [-0.2, 0) is 4.79 Å². The zero-order valence-corrected chi connectivity index (χ0v) is 21.4. The van der Waals surface area contributed by atoms with Crippen molar-refractivity contribution >= 4 is 40.6 Å². The molecule has 0 spiro atoms. The number of nitrogens with one attached hydrogen (secondary N) is 2. The van der Waals surface area contributed by atoms with Gasteiger partial charge in [0.05, 0.1) is 5.69 Å². The molecule has 9 heteroatoms. The van der Waals surface area contributed by atoms with Gasteiger partial charge in [-0.2, -0.15) is 4.37 Å². The summed E-state index contributed by atoms with van der Waals surface area (Å²) >= 11 is 0.908. The number of nitrogen functional groups attached to an aromatic ring is 1. The van der Waals surface area contributed by atoms with Crippen molar-refractivity contribution in [2.75, 3.05) is 17.2 Å². The van der Waals surface area contributed by atoms with Gasteiger partial charge in [-0.15, -0.1) is 0 Å². The number of anilines is 2. The van der Waals surface area contributed by atoms with E-state index in [1.54, 1.807) is 0 Å². The number of amides is 3. The first kappa shape index (κ1) is 25.2. The molecule has 2 aliphatic carbocycles. The quantitative estimate of drug-likeness (QED) is 0.532. The van der Waals surface area contributed by atoms with Gasteiger partial charge >= 0.3 is 0 Å². The lowest BCUT2D eigenvalue weighted by Crippen LogP contribution is -2.44. The highest BCUT2D eigenvalue weighted by atomic mass is 32.1. The molecular formula is C26H35N5O3S. The lowest BCUT2D eigenvalue weighted by atomic mass is 9.95. The van der Waals surface area contributed by atoms with Gasteiger partial charge in [0.15, 0.2) is 5.69 Å². The summed E-state index contributed by atoms with van der Waals surface area (Å²) in [7, 11) is 0. The molecule has 0 saturated heterocycles. The third-order valence-corrected chi connectivity index (χ3v) is 7.84. The maximum Gasteiger partial charge on any atom is 0.273 e. The fourth-order valence-corrected chi connectivity index (χ4v) is 5.85. The fraction of sp³-hybridized carbons (Fsp3) is 0.538. The first-order chi connectivity index (χ1) is 16.8. The minimum atomic E-state index is -0.426. The summed E-state index contributed by atoms with van der Waals surface area (Å²) in [6, 6.07) is 6.00. The molecule has 0 radical (unpaired) electrons. The van der Waals surface area contributed by atoms with E-state index in [1.807, 2.05) is 32.0 Å². The molecule has 2 fully saturated rings. The molecular weight excluding hydrogens is 462 g/mol. The SMILES string of the molecule is Cc1ccc(N(CC(=O)NC2CCCC2)C(=O)c2snc(C(=O)NC3CCCCC3)c2N)c(C)c1. The summed E-state index contributed by atoms with van der Waals surface area (Å²) in [4.78, 5) is 41.1. The van der Waals surface area contributed by atoms with E-state index in [0.29, 0.717) is 5.69 Å². The van der Waals surface area contributed by atoms with E-state index in [1.165, 1.54) is 11.3 Å². The first-order valence-corrected chi connectivity index (χ1v) is 13.4. The maximum absolute atomic E-state index is 13.7. The average Bonchev–Trinajstić information content (AvgIpc) is 3.47. The van der Waals surface area contributed by atoms with E-state index in [2.05, 4.69) is 15.0 Å². The maximum atomic E-state index is 13.7. The van der Waals surface area contributed by atoms with Crippen molar-refractivity contribution in [3.05, 3.63) is 39.9 Å². The molecule has 1 aromatic carbocycles. The smallest absolute Gasteiger partial charge is 0.273 e. The average molecular weight is 498 g/mol. The fourth-order valence-electron chi connectivity index (χ4n) is 5.10. The highest BCUT2D eigenvalue weighted by molar-refractivity contribution is 7.09. The van der Waals surface area contributed by atoms with Crippen LogP contribution in [0.25, 0.3) is 0 Å². The van der Waals surface area contributed by atoms with Crippen molar-refractivity contribution < 1.29 is 14.4 Å². The summed E-state index contributed by atoms with van der Waals surface area (Å²) in [5.41, 5.74) is 9.03. The van der Waals surface area contributed by atoms with Crippen molar-refractivity contribution in [1.29, 1.82) is 0 Å². The summed E-state index contributed by atoms with van der Waals surface area (Å²) in [6.45, 7) is 3.77. The lowest BCUT2D eigenvalue weighted by Gasteiger charge is -2.25. The minimum absolute atomic E-state index is 0.0688. The molecule has 35 heavy (non-hydrogen) atoms. The molecule has 8 nitrogen and oxygen atoms in total. The van der Waals surface area contributed by atoms with Gasteiger partial charge in [0.25, 0.3) is 11.8 Å². The van der Waals surface area contributed by atoms with Crippen LogP contribution in [0.1, 0.15) is 89.1 Å². The molecule has 2 saturated carbocycles. The summed E-state index contributed by atoms with van der Waals surface area (Å²) in [5, 5.41) is 6.07. The van der Waals surface area contributed by atoms with Gasteiger partial charge in [-0.05, 0) is 62.7 Å². The second kappa shape index (κ2) is 11.2. The number of rotatable bonds is 7. The Bertz CT molecular complexity index is 1090. The summed E-state index contributed by atoms with van der Waals surface area (Å²) in [5.74, 6) is -0.976. The number of carbonyl (C=O) groups excluding carboxylic acids is 3. The number of carbonyl (C=O) groups is 3. The van der Waals surface area contributed by atoms with Crippen molar-refractivity contribution in [3.63, 3.8) is 0 Å². The molecule has 1 heterocycles. The van der Waals surface area contributed by atoms with Gasteiger partial charge in [0, 0.05) is 17.8 Å². The van der Waals surface area contributed by atoms with Crippen LogP contribution >= 0.6 is 11.5 Å². The number of benzene rings is 1. The van der Waals surface area contributed by atoms with E-state index >= 15 is 0 Å². The topological polar surface area (TPSA) is 117 Å². The Hall–Kier alpha value is -2.94. The van der Waals surface area contributed by atoms with Crippen LogP contribution in [0.15, 0.2) is 18.2 Å². The lowest BCUT2D eigenvalue weighted by molar-refractivity contribution is -0.120. The predicted octanol–water partition coefficient (Wildman–Crippen LogP) is 4.11. The highest BCUT2D eigenvalue weighted by Crippen LogP contribution is 2.29. The Kier molecular flexibility index (Phi) is 8.05. The van der Waals surface area contributed by atoms with Crippen LogP contribution in [-0.4, -0.2) is 40.7 Å². The number of aromatic nitrogens is 1. The number of nitrogens with two attached hydrogens (primary N) is 1. The van der Waals surface area contributed by atoms with Crippen molar-refractivity contribution in [3.8, 4) is 0 Å². The summed E-state index contributed by atoms with van der Waals surface area (Å²) in [6.07, 6.45) is 9.39. The van der Waals surface area contributed by atoms with Crippen molar-refractivity contribution in [2.24, 2.45) is 0 Å². The Balaban J connectivity index is 1.56. The van der Waals surface area contributed by atoms with E-state index in [4.69, 9.17) is 5.73 Å². The number of nitrogens with zero attached hydrogens (tertiary/aromatic N) is 2. The molecule has 4 N–H and O–H groups in total. The minimum Gasteiger partial charge on any atom is -0.395 e. The molecule has 0 unspecified atom stereocenters. The molecule has 188 valence electrons. The van der Waals surface area contributed by atoms with Gasteiger partial charge < -0.3 is 16.4 Å². The third-order valence-electron chi connectivity index (χ3n) is 6.99. The van der Waals surface area contributed by atoms with Gasteiger partial charge in [-0.25, -0.2) is 0 Å². The highest BCUT2D eigenvalue weighted by Gasteiger charge is 2.30. The second-order valence-corrected chi connectivity index (χ2v) is 10.6. The predicted molar refractivity (Wildman–Crippen MR) is 139 cm³/mol. The Morgan fingerprint density at radius 2 is 1.63 bits per heavy atom. The van der Waals surface area contributed by atoms with Crippen LogP contribution in [0.3, 0.4) is 0 Å². The second-order valence-electron chi connectivity index (χ2n) is 9.81. The van der Waals surface area contributed by atoms with Crippen molar-refractivity contribution in [2.45, 2.75) is 83.7 Å². The van der Waals surface area contributed by atoms with Crippen LogP contribution in [0, 0.1) is 13.8 Å². The van der Waals surface area contributed by atoms with E-state index < -0.39 is 5.91 Å². The van der Waals surface area contributed by atoms with Crippen LogP contribution in [0.4, 0.5) is 11.4 Å². The molecule has 1 aromatic heterocycles. The molecule has 0 aliphatic heterocycles. The molecule has 2 aliphatic rings. The summed E-state index contributed by atoms with van der Waals surface area (Å²) < 4.78 is 4.23. The zero-order valence-electron chi connectivity index (χ0n) is 20.6. The van der Waals surface area contributed by atoms with Crippen LogP contribution < -0.4 is 21.3 Å². The molecule has 0 bridgehead atoms. The molecule has 4 rings (SSSR count). The largest absolute Gasteiger partial charge is 0.395 e. The van der Waals surface area contributed by atoms with Gasteiger partial charge in [-0.3, -0.25) is 19.3 Å². The monoisotopic (exact) mass is 497 g/mol. The first-order valence-electron chi connectivity index (χ1n) is 12.6. The Morgan fingerprint density at radius 3 is 2.29 bits per heavy atom. The Morgan fingerprint density at radius 1 is 1.00 bits per heavy atom. The standard InChI is InChI=1S/C26H35N5O3S/c1-16-12-13-20(17(2)14-16)31(15-21(32)28-18-10-6-7-11-18)26(34)24-22(27)23(30-35-24)25(33)29-19-8-4-3-5-9-19/h12-14,18-19H,3-11,15,27H2,1-2H3,(H,28,32)(H,29,33). The van der Waals surface area contributed by atoms with E-state index in [-0.39, 0.29) is 46.7 Å². The van der Waals surface area contributed by atoms with E-state index in [9.17, 15) is 14.4 Å². The van der Waals surface area contributed by atoms with E-state index in [0.717, 1.165) is 74.0 Å². The van der Waals surface area contributed by atoms with Crippen LogP contribution in [0.2, 0.25) is 0 Å². The molecule has 3 amide bonds. The number of hydrogen-bond acceptors (Lipinski definition) is 6. The number of hydrogen-bond donors (Lipinski definition) is 3. The van der Waals surface area contributed by atoms with Crippen LogP contribution in [0.5, 0.6) is 0 Å². The number of aryl methyl sites for hydroxylation is 2. The van der Waals surface area contributed by atoms with Crippen molar-refractivity contribution in [1.82, 2.24) is 15.0 Å². The third kappa shape index (κ3) is 6.01. The normalized spacial score (nSPS) is 16.7. The Labute approximate surface area is 210 Å². The van der Waals surface area contributed by atoms with Gasteiger partial charge in [0.2, 0.25) is 5.91 Å².